The van der Waals surface area contributed by atoms with Gasteiger partial charge in [0.1, 0.15) is 0 Å². The highest BCUT2D eigenvalue weighted by Crippen LogP contribution is 2.64. The highest BCUT2D eigenvalue weighted by Gasteiger charge is 2.66. The number of fused-ring (bicyclic) bond motifs is 2. The molecule has 0 N–H and O–H groups in total. The van der Waals surface area contributed by atoms with E-state index in [2.05, 4.69) is 29.2 Å². The van der Waals surface area contributed by atoms with Crippen molar-refractivity contribution in [3.8, 4) is 11.1 Å². The van der Waals surface area contributed by atoms with Gasteiger partial charge in [0, 0.05) is 35.4 Å². The Kier molecular flexibility index (Phi) is 5.25. The number of nitrogens with zero attached hydrogens (tertiary/aromatic N) is 3. The van der Waals surface area contributed by atoms with Crippen molar-refractivity contribution in [2.75, 3.05) is 17.7 Å². The second-order valence-corrected chi connectivity index (χ2v) is 12.2. The number of rotatable bonds is 3. The number of hydrogen-bond acceptors (Lipinski definition) is 5. The summed E-state index contributed by atoms with van der Waals surface area (Å²) >= 11 is 1.71. The molecule has 2 saturated heterocycles. The van der Waals surface area contributed by atoms with Gasteiger partial charge in [0.05, 0.1) is 28.6 Å². The number of hydrogen-bond donors (Lipinski definition) is 0. The number of carbonyl (C=O) groups excluding carboxylic acids is 2. The van der Waals surface area contributed by atoms with Gasteiger partial charge in [-0.1, -0.05) is 78.9 Å². The summed E-state index contributed by atoms with van der Waals surface area (Å²) in [5.41, 5.74) is 5.43. The van der Waals surface area contributed by atoms with Crippen molar-refractivity contribution in [1.29, 1.82) is 0 Å². The van der Waals surface area contributed by atoms with Crippen molar-refractivity contribution in [2.24, 2.45) is 11.8 Å². The van der Waals surface area contributed by atoms with E-state index >= 15 is 0 Å². The monoisotopic (exact) mass is 545 g/mol. The number of amides is 2. The average molecular weight is 546 g/mol. The van der Waals surface area contributed by atoms with Crippen LogP contribution in [0.1, 0.15) is 34.7 Å². The molecule has 1 aliphatic carbocycles. The van der Waals surface area contributed by atoms with Gasteiger partial charge < -0.3 is 4.57 Å². The predicted octanol–water partition coefficient (Wildman–Crippen LogP) is 5.25. The van der Waals surface area contributed by atoms with E-state index in [-0.39, 0.29) is 29.3 Å². The van der Waals surface area contributed by atoms with E-state index in [4.69, 9.17) is 0 Å². The fraction of sp³-hybridized carbons (Fsp3) is 0.242. The summed E-state index contributed by atoms with van der Waals surface area (Å²) in [6.07, 6.45) is 0. The van der Waals surface area contributed by atoms with Gasteiger partial charge in [0.25, 0.3) is 5.56 Å². The number of thioether (sulfide) groups is 1. The summed E-state index contributed by atoms with van der Waals surface area (Å²) in [5, 5.41) is 0.977. The molecule has 40 heavy (non-hydrogen) atoms. The summed E-state index contributed by atoms with van der Waals surface area (Å²) in [5.74, 6) is -1.05. The van der Waals surface area contributed by atoms with Crippen LogP contribution in [0.3, 0.4) is 0 Å². The summed E-state index contributed by atoms with van der Waals surface area (Å²) in [7, 11) is 2.02. The standard InChI is InChI=1S/C33H27N3O3S/c1-34-28(20-13-7-3-8-14-20)24-23-22(19-11-5-2-6-12-19)33-35(17-18-40-33)30(37)26(23)29(34)27-25(24)31(38)36(32(27)39)21-15-9-4-10-16-21/h2-16,24-25,27-29H,17-18H2,1H3/t24-,25+,27+,28-,29+/m0/s1. The maximum Gasteiger partial charge on any atom is 0.256 e. The maximum absolute atomic E-state index is 14.4. The van der Waals surface area contributed by atoms with Gasteiger partial charge in [0.15, 0.2) is 0 Å². The Labute approximate surface area is 236 Å². The summed E-state index contributed by atoms with van der Waals surface area (Å²) in [6.45, 7) is 0.645. The number of carbonyl (C=O) groups is 2. The molecule has 6 nitrogen and oxygen atoms in total. The van der Waals surface area contributed by atoms with Crippen molar-refractivity contribution < 1.29 is 9.59 Å². The van der Waals surface area contributed by atoms with Crippen molar-refractivity contribution in [3.63, 3.8) is 0 Å². The molecule has 5 aliphatic rings. The van der Waals surface area contributed by atoms with Crippen LogP contribution in [0.25, 0.3) is 11.1 Å². The molecule has 3 aromatic carbocycles. The fourth-order valence-electron chi connectivity index (χ4n) is 7.78. The van der Waals surface area contributed by atoms with E-state index in [1.807, 2.05) is 78.3 Å². The van der Waals surface area contributed by atoms with Crippen LogP contribution in [0.15, 0.2) is 101 Å². The van der Waals surface area contributed by atoms with E-state index < -0.39 is 17.9 Å². The molecule has 0 saturated carbocycles. The number of imide groups is 1. The Morgan fingerprint density at radius 3 is 2.02 bits per heavy atom. The van der Waals surface area contributed by atoms with Crippen LogP contribution in [-0.2, 0) is 16.1 Å². The molecule has 9 rings (SSSR count). The number of aromatic nitrogens is 1. The van der Waals surface area contributed by atoms with E-state index in [1.54, 1.807) is 11.8 Å². The zero-order valence-corrected chi connectivity index (χ0v) is 22.8. The lowest BCUT2D eigenvalue weighted by molar-refractivity contribution is -0.130. The average Bonchev–Trinajstić information content (AvgIpc) is 3.58. The third-order valence-corrected chi connectivity index (χ3v) is 10.3. The lowest BCUT2D eigenvalue weighted by Gasteiger charge is -2.55. The van der Waals surface area contributed by atoms with Gasteiger partial charge >= 0.3 is 0 Å². The van der Waals surface area contributed by atoms with E-state index in [1.165, 1.54) is 4.90 Å². The molecule has 198 valence electrons. The van der Waals surface area contributed by atoms with E-state index in [9.17, 15) is 14.4 Å². The molecule has 4 aromatic rings. The predicted molar refractivity (Wildman–Crippen MR) is 155 cm³/mol. The van der Waals surface area contributed by atoms with Crippen LogP contribution in [-0.4, -0.2) is 34.1 Å². The molecule has 4 aliphatic heterocycles. The van der Waals surface area contributed by atoms with E-state index in [0.29, 0.717) is 17.8 Å². The molecule has 5 heterocycles. The fourth-order valence-corrected chi connectivity index (χ4v) is 8.95. The number of anilines is 1. The van der Waals surface area contributed by atoms with Crippen LogP contribution in [0.4, 0.5) is 5.69 Å². The second-order valence-electron chi connectivity index (χ2n) is 11.1. The topological polar surface area (TPSA) is 62.6 Å². The minimum Gasteiger partial charge on any atom is -0.302 e. The number of benzene rings is 3. The van der Waals surface area contributed by atoms with Crippen molar-refractivity contribution in [3.05, 3.63) is 118 Å². The first-order valence-corrected chi connectivity index (χ1v) is 14.7. The third kappa shape index (κ3) is 3.07. The van der Waals surface area contributed by atoms with Gasteiger partial charge in [-0.3, -0.25) is 19.3 Å². The van der Waals surface area contributed by atoms with E-state index in [0.717, 1.165) is 33.0 Å². The third-order valence-electron chi connectivity index (χ3n) is 9.24. The Hall–Kier alpha value is -3.94. The number of piperidine rings is 1. The maximum atomic E-state index is 14.4. The largest absolute Gasteiger partial charge is 0.302 e. The number of para-hydroxylation sites is 1. The van der Waals surface area contributed by atoms with Crippen LogP contribution in [0.5, 0.6) is 0 Å². The lowest BCUT2D eigenvalue weighted by atomic mass is 9.58. The molecule has 7 heteroatoms. The molecule has 5 atom stereocenters. The highest BCUT2D eigenvalue weighted by molar-refractivity contribution is 7.99. The Morgan fingerprint density at radius 2 is 1.32 bits per heavy atom. The Balaban J connectivity index is 1.45. The quantitative estimate of drug-likeness (QED) is 0.329. The molecule has 2 amide bonds. The molecule has 0 unspecified atom stereocenters. The minimum atomic E-state index is -0.612. The zero-order chi connectivity index (χ0) is 27.1. The first kappa shape index (κ1) is 23.9. The van der Waals surface area contributed by atoms with Crippen molar-refractivity contribution in [1.82, 2.24) is 9.47 Å². The summed E-state index contributed by atoms with van der Waals surface area (Å²) < 4.78 is 1.91. The van der Waals surface area contributed by atoms with Crippen LogP contribution in [0, 0.1) is 11.8 Å². The second kappa shape index (κ2) is 8.78. The molecule has 2 bridgehead atoms. The smallest absolute Gasteiger partial charge is 0.256 e. The van der Waals surface area contributed by atoms with Gasteiger partial charge in [0.2, 0.25) is 11.8 Å². The summed E-state index contributed by atoms with van der Waals surface area (Å²) in [6, 6.07) is 29.0. The first-order chi connectivity index (χ1) is 19.6. The van der Waals surface area contributed by atoms with Crippen molar-refractivity contribution >= 4 is 29.3 Å². The van der Waals surface area contributed by atoms with Gasteiger partial charge in [-0.2, -0.15) is 0 Å². The number of likely N-dealkylation sites (N-methyl/N-ethyl adjacent to an activating group) is 1. The normalized spacial score (nSPS) is 26.6. The Bertz CT molecular complexity index is 1740. The number of pyridine rings is 1. The minimum absolute atomic E-state index is 0.0140. The highest BCUT2D eigenvalue weighted by atomic mass is 32.2. The molecular formula is C33H27N3O3S. The molecule has 0 radical (unpaired) electrons. The molecular weight excluding hydrogens is 518 g/mol. The van der Waals surface area contributed by atoms with Crippen LogP contribution < -0.4 is 10.5 Å². The first-order valence-electron chi connectivity index (χ1n) is 13.8. The van der Waals surface area contributed by atoms with Gasteiger partial charge in [-0.05, 0) is 35.9 Å². The molecule has 0 spiro atoms. The van der Waals surface area contributed by atoms with Gasteiger partial charge in [-0.15, -0.1) is 11.8 Å². The molecule has 2 fully saturated rings. The van der Waals surface area contributed by atoms with Crippen molar-refractivity contribution in [2.45, 2.75) is 29.6 Å². The van der Waals surface area contributed by atoms with Gasteiger partial charge in [-0.25, -0.2) is 4.90 Å². The lowest BCUT2D eigenvalue weighted by Crippen LogP contribution is -2.55. The Morgan fingerprint density at radius 1 is 0.700 bits per heavy atom. The van der Waals surface area contributed by atoms with Crippen LogP contribution >= 0.6 is 11.8 Å². The zero-order valence-electron chi connectivity index (χ0n) is 21.9. The van der Waals surface area contributed by atoms with Crippen LogP contribution in [0.2, 0.25) is 0 Å². The SMILES string of the molecule is CN1[C@@H]2c3c(c(-c4ccccc4)c4n(c3=O)CCS4)[C@@H]([C@H]3C(=O)N(c4ccccc4)C(=O)[C@H]32)[C@@H]1c1ccccc1. The summed E-state index contributed by atoms with van der Waals surface area (Å²) in [4.78, 5) is 46.5. The molecule has 1 aromatic heterocycles.